The molecule has 0 unspecified atom stereocenters. The Morgan fingerprint density at radius 1 is 1.12 bits per heavy atom. The highest BCUT2D eigenvalue weighted by atomic mass is 35.5. The van der Waals surface area contributed by atoms with Gasteiger partial charge in [-0.3, -0.25) is 4.72 Å². The molecule has 0 saturated heterocycles. The summed E-state index contributed by atoms with van der Waals surface area (Å²) in [5, 5.41) is 10.0. The molecule has 0 aliphatic rings. The first-order valence-corrected chi connectivity index (χ1v) is 10.2. The molecule has 0 saturated carbocycles. The number of anilines is 1. The number of carbonyl (C=O) groups is 1. The number of sulfonamides is 1. The van der Waals surface area contributed by atoms with Crippen LogP contribution in [0.2, 0.25) is 5.02 Å². The van der Waals surface area contributed by atoms with Gasteiger partial charge in [-0.25, -0.2) is 13.2 Å². The van der Waals surface area contributed by atoms with E-state index in [0.29, 0.717) is 15.5 Å². The molecule has 0 fully saturated rings. The van der Waals surface area contributed by atoms with Gasteiger partial charge in [-0.2, -0.15) is 0 Å². The smallest absolute Gasteiger partial charge is 0.348 e. The average molecular weight is 408 g/mol. The lowest BCUT2D eigenvalue weighted by Gasteiger charge is -2.09. The summed E-state index contributed by atoms with van der Waals surface area (Å²) < 4.78 is 27.7. The van der Waals surface area contributed by atoms with Crippen molar-refractivity contribution in [1.29, 1.82) is 0 Å². The number of benzene rings is 2. The molecule has 0 aliphatic heterocycles. The van der Waals surface area contributed by atoms with Crippen molar-refractivity contribution in [3.8, 4) is 10.4 Å². The molecule has 1 aromatic heterocycles. The van der Waals surface area contributed by atoms with Crippen molar-refractivity contribution in [2.75, 3.05) is 4.72 Å². The van der Waals surface area contributed by atoms with Crippen molar-refractivity contribution < 1.29 is 18.3 Å². The summed E-state index contributed by atoms with van der Waals surface area (Å²) in [4.78, 5) is 12.2. The monoisotopic (exact) mass is 407 g/mol. The van der Waals surface area contributed by atoms with E-state index in [4.69, 9.17) is 11.6 Å². The highest BCUT2D eigenvalue weighted by Crippen LogP contribution is 2.36. The second-order valence-electron chi connectivity index (χ2n) is 5.54. The summed E-state index contributed by atoms with van der Waals surface area (Å²) in [7, 11) is -3.90. The fourth-order valence-electron chi connectivity index (χ4n) is 2.44. The Bertz CT molecular complexity index is 1070. The summed E-state index contributed by atoms with van der Waals surface area (Å²) in [6.07, 6.45) is 0. The SMILES string of the molecule is Cc1ccccc1S(=O)(=O)Nc1cc(-c2ccc(Cl)cc2)sc1C(=O)O. The minimum Gasteiger partial charge on any atom is -0.477 e. The second kappa shape index (κ2) is 7.11. The van der Waals surface area contributed by atoms with Gasteiger partial charge in [-0.1, -0.05) is 41.9 Å². The van der Waals surface area contributed by atoms with Crippen molar-refractivity contribution >= 4 is 44.6 Å². The van der Waals surface area contributed by atoms with Crippen LogP contribution in [0.25, 0.3) is 10.4 Å². The van der Waals surface area contributed by atoms with E-state index in [-0.39, 0.29) is 15.5 Å². The van der Waals surface area contributed by atoms with E-state index in [1.165, 1.54) is 12.1 Å². The van der Waals surface area contributed by atoms with Gasteiger partial charge in [0.2, 0.25) is 0 Å². The number of nitrogens with one attached hydrogen (secondary N) is 1. The van der Waals surface area contributed by atoms with Crippen LogP contribution >= 0.6 is 22.9 Å². The van der Waals surface area contributed by atoms with Gasteiger partial charge in [0.25, 0.3) is 10.0 Å². The highest BCUT2D eigenvalue weighted by molar-refractivity contribution is 7.92. The number of hydrogen-bond acceptors (Lipinski definition) is 4. The number of hydrogen-bond donors (Lipinski definition) is 2. The van der Waals surface area contributed by atoms with Gasteiger partial charge in [0.1, 0.15) is 4.88 Å². The third-order valence-electron chi connectivity index (χ3n) is 3.68. The van der Waals surface area contributed by atoms with Gasteiger partial charge in [-0.15, -0.1) is 11.3 Å². The lowest BCUT2D eigenvalue weighted by Crippen LogP contribution is -2.15. The standard InChI is InChI=1S/C18H14ClNO4S2/c1-11-4-2-3-5-16(11)26(23,24)20-14-10-15(25-17(14)18(21)22)12-6-8-13(19)9-7-12/h2-10,20H,1H3,(H,21,22). The van der Waals surface area contributed by atoms with E-state index < -0.39 is 16.0 Å². The predicted octanol–water partition coefficient (Wildman–Crippen LogP) is 4.88. The summed E-state index contributed by atoms with van der Waals surface area (Å²) >= 11 is 6.87. The van der Waals surface area contributed by atoms with E-state index in [1.54, 1.807) is 49.4 Å². The molecule has 0 amide bonds. The number of carboxylic acid groups (broad SMARTS) is 1. The maximum Gasteiger partial charge on any atom is 0.348 e. The number of carboxylic acids is 1. The Labute approximate surface area is 159 Å². The zero-order valence-electron chi connectivity index (χ0n) is 13.6. The molecular formula is C18H14ClNO4S2. The number of halogens is 1. The number of rotatable bonds is 5. The maximum absolute atomic E-state index is 12.7. The van der Waals surface area contributed by atoms with Crippen LogP contribution < -0.4 is 4.72 Å². The quantitative estimate of drug-likeness (QED) is 0.631. The maximum atomic E-state index is 12.7. The molecule has 0 spiro atoms. The molecular weight excluding hydrogens is 394 g/mol. The lowest BCUT2D eigenvalue weighted by atomic mass is 10.2. The molecule has 134 valence electrons. The summed E-state index contributed by atoms with van der Waals surface area (Å²) in [6.45, 7) is 1.68. The van der Waals surface area contributed by atoms with E-state index in [0.717, 1.165) is 16.9 Å². The highest BCUT2D eigenvalue weighted by Gasteiger charge is 2.23. The number of thiophene rings is 1. The van der Waals surface area contributed by atoms with Crippen LogP contribution in [-0.4, -0.2) is 19.5 Å². The predicted molar refractivity (Wildman–Crippen MR) is 104 cm³/mol. The van der Waals surface area contributed by atoms with Crippen molar-refractivity contribution in [3.63, 3.8) is 0 Å². The van der Waals surface area contributed by atoms with Gasteiger partial charge in [0, 0.05) is 9.90 Å². The van der Waals surface area contributed by atoms with Gasteiger partial charge < -0.3 is 5.11 Å². The van der Waals surface area contributed by atoms with Crippen LogP contribution in [-0.2, 0) is 10.0 Å². The second-order valence-corrected chi connectivity index (χ2v) is 8.68. The van der Waals surface area contributed by atoms with Crippen molar-refractivity contribution in [2.45, 2.75) is 11.8 Å². The molecule has 26 heavy (non-hydrogen) atoms. The Morgan fingerprint density at radius 2 is 1.77 bits per heavy atom. The zero-order valence-corrected chi connectivity index (χ0v) is 16.0. The van der Waals surface area contributed by atoms with E-state index in [1.807, 2.05) is 0 Å². The normalized spacial score (nSPS) is 11.3. The minimum atomic E-state index is -3.90. The Balaban J connectivity index is 2.03. The summed E-state index contributed by atoms with van der Waals surface area (Å²) in [6, 6.07) is 14.9. The van der Waals surface area contributed by atoms with Crippen molar-refractivity contribution in [3.05, 3.63) is 70.1 Å². The molecule has 2 aromatic carbocycles. The van der Waals surface area contributed by atoms with E-state index >= 15 is 0 Å². The molecule has 0 atom stereocenters. The van der Waals surface area contributed by atoms with Crippen LogP contribution in [0.4, 0.5) is 5.69 Å². The number of aryl methyl sites for hydroxylation is 1. The van der Waals surface area contributed by atoms with E-state index in [9.17, 15) is 18.3 Å². The Kier molecular flexibility index (Phi) is 5.04. The summed E-state index contributed by atoms with van der Waals surface area (Å²) in [5.41, 5.74) is 1.36. The van der Waals surface area contributed by atoms with Crippen LogP contribution in [0.1, 0.15) is 15.2 Å². The molecule has 3 rings (SSSR count). The number of aromatic carboxylic acids is 1. The Morgan fingerprint density at radius 3 is 2.38 bits per heavy atom. The van der Waals surface area contributed by atoms with E-state index in [2.05, 4.69) is 4.72 Å². The van der Waals surface area contributed by atoms with Crippen molar-refractivity contribution in [2.24, 2.45) is 0 Å². The molecule has 0 aliphatic carbocycles. The van der Waals surface area contributed by atoms with Crippen LogP contribution in [0, 0.1) is 6.92 Å². The first-order chi connectivity index (χ1) is 12.3. The minimum absolute atomic E-state index is 0.0377. The van der Waals surface area contributed by atoms with Crippen LogP contribution in [0.5, 0.6) is 0 Å². The molecule has 0 radical (unpaired) electrons. The molecule has 3 aromatic rings. The first-order valence-electron chi connectivity index (χ1n) is 7.49. The summed E-state index contributed by atoms with van der Waals surface area (Å²) in [5.74, 6) is -1.20. The van der Waals surface area contributed by atoms with Crippen LogP contribution in [0.3, 0.4) is 0 Å². The fraction of sp³-hybridized carbons (Fsp3) is 0.0556. The molecule has 1 heterocycles. The van der Waals surface area contributed by atoms with Crippen molar-refractivity contribution in [1.82, 2.24) is 0 Å². The van der Waals surface area contributed by atoms with Crippen LogP contribution in [0.15, 0.2) is 59.5 Å². The molecule has 5 nitrogen and oxygen atoms in total. The van der Waals surface area contributed by atoms with Gasteiger partial charge in [0.05, 0.1) is 10.6 Å². The average Bonchev–Trinajstić information content (AvgIpc) is 2.99. The largest absolute Gasteiger partial charge is 0.477 e. The Hall–Kier alpha value is -2.35. The third kappa shape index (κ3) is 3.75. The molecule has 8 heteroatoms. The molecule has 2 N–H and O–H groups in total. The lowest BCUT2D eigenvalue weighted by molar-refractivity contribution is 0.0703. The van der Waals surface area contributed by atoms with Gasteiger partial charge in [-0.05, 0) is 42.3 Å². The zero-order chi connectivity index (χ0) is 18.9. The fourth-order valence-corrected chi connectivity index (χ4v) is 4.90. The topological polar surface area (TPSA) is 83.5 Å². The first kappa shape index (κ1) is 18.4. The van der Waals surface area contributed by atoms with Gasteiger partial charge in [0.15, 0.2) is 0 Å². The molecule has 0 bridgehead atoms. The van der Waals surface area contributed by atoms with Gasteiger partial charge >= 0.3 is 5.97 Å². The third-order valence-corrected chi connectivity index (χ3v) is 6.63.